The second-order valence-electron chi connectivity index (χ2n) is 7.21. The van der Waals surface area contributed by atoms with Crippen molar-refractivity contribution < 1.29 is 23.6 Å². The highest BCUT2D eigenvalue weighted by Gasteiger charge is 2.52. The van der Waals surface area contributed by atoms with Crippen LogP contribution in [0.4, 0.5) is 0 Å². The van der Waals surface area contributed by atoms with Gasteiger partial charge in [0.25, 0.3) is 0 Å². The summed E-state index contributed by atoms with van der Waals surface area (Å²) in [5.41, 5.74) is 1.14. The monoisotopic (exact) mass is 376 g/mol. The first kappa shape index (κ1) is 20.7. The molecule has 1 aromatic rings. The number of aldehydes is 1. The molecule has 0 unspecified atom stereocenters. The number of ether oxygens (including phenoxy) is 1. The van der Waals surface area contributed by atoms with E-state index in [1.54, 1.807) is 25.3 Å². The van der Waals surface area contributed by atoms with E-state index in [4.69, 9.17) is 14.0 Å². The fourth-order valence-electron chi connectivity index (χ4n) is 2.50. The number of carbonyl (C=O) groups is 2. The third kappa shape index (κ3) is 4.58. The Balaban J connectivity index is 2.44. The molecule has 0 atom stereocenters. The summed E-state index contributed by atoms with van der Waals surface area (Å²) in [6, 6.07) is 5.19. The summed E-state index contributed by atoms with van der Waals surface area (Å²) < 4.78 is 17.7. The van der Waals surface area contributed by atoms with Crippen LogP contribution >= 0.6 is 11.8 Å². The van der Waals surface area contributed by atoms with Gasteiger partial charge in [0, 0.05) is 23.8 Å². The predicted molar refractivity (Wildman–Crippen MR) is 106 cm³/mol. The standard InChI is InChI=1S/C19H25BO5S/c1-13(22)26-12-16(20-24-18(2,3)19(4,5)25-20)10-15-9-14(11-21)7-8-17(15)23-6/h7-11H,12H2,1-6H3. The Kier molecular flexibility index (Phi) is 6.37. The zero-order valence-electron chi connectivity index (χ0n) is 16.1. The third-order valence-corrected chi connectivity index (χ3v) is 5.61. The normalized spacial score (nSPS) is 18.7. The average Bonchev–Trinajstić information content (AvgIpc) is 2.78. The molecule has 0 saturated carbocycles. The minimum absolute atomic E-state index is 0.0148. The van der Waals surface area contributed by atoms with Gasteiger partial charge < -0.3 is 14.0 Å². The molecule has 1 heterocycles. The average molecular weight is 376 g/mol. The molecule has 7 heteroatoms. The molecule has 26 heavy (non-hydrogen) atoms. The van der Waals surface area contributed by atoms with E-state index in [0.717, 1.165) is 17.3 Å². The fraction of sp³-hybridized carbons (Fsp3) is 0.474. The molecule has 1 aromatic carbocycles. The van der Waals surface area contributed by atoms with Crippen LogP contribution in [0.15, 0.2) is 23.7 Å². The summed E-state index contributed by atoms with van der Waals surface area (Å²) in [5.74, 6) is 1.07. The predicted octanol–water partition coefficient (Wildman–Crippen LogP) is 3.80. The molecule has 1 saturated heterocycles. The van der Waals surface area contributed by atoms with Crippen LogP contribution in [0.25, 0.3) is 6.08 Å². The topological polar surface area (TPSA) is 61.8 Å². The Morgan fingerprint density at radius 2 is 1.85 bits per heavy atom. The van der Waals surface area contributed by atoms with Crippen molar-refractivity contribution in [1.29, 1.82) is 0 Å². The zero-order valence-corrected chi connectivity index (χ0v) is 16.9. The van der Waals surface area contributed by atoms with Crippen LogP contribution < -0.4 is 4.74 Å². The van der Waals surface area contributed by atoms with E-state index in [9.17, 15) is 9.59 Å². The fourth-order valence-corrected chi connectivity index (χ4v) is 3.09. The van der Waals surface area contributed by atoms with Crippen molar-refractivity contribution in [2.45, 2.75) is 45.8 Å². The summed E-state index contributed by atoms with van der Waals surface area (Å²) in [6.45, 7) is 9.46. The summed E-state index contributed by atoms with van der Waals surface area (Å²) >= 11 is 1.19. The van der Waals surface area contributed by atoms with Gasteiger partial charge >= 0.3 is 7.12 Å². The van der Waals surface area contributed by atoms with Gasteiger partial charge in [0.2, 0.25) is 0 Å². The number of rotatable bonds is 6. The van der Waals surface area contributed by atoms with E-state index in [2.05, 4.69) is 0 Å². The van der Waals surface area contributed by atoms with Crippen molar-refractivity contribution in [2.24, 2.45) is 0 Å². The van der Waals surface area contributed by atoms with E-state index < -0.39 is 18.3 Å². The van der Waals surface area contributed by atoms with Gasteiger partial charge in [-0.1, -0.05) is 17.8 Å². The van der Waals surface area contributed by atoms with E-state index in [0.29, 0.717) is 17.1 Å². The number of methoxy groups -OCH3 is 1. The lowest BCUT2D eigenvalue weighted by Gasteiger charge is -2.32. The summed E-state index contributed by atoms with van der Waals surface area (Å²) in [6.07, 6.45) is 2.67. The van der Waals surface area contributed by atoms with Crippen molar-refractivity contribution in [2.75, 3.05) is 12.9 Å². The second kappa shape index (κ2) is 7.98. The molecular formula is C19H25BO5S. The second-order valence-corrected chi connectivity index (χ2v) is 8.36. The first-order valence-corrected chi connectivity index (χ1v) is 9.41. The van der Waals surface area contributed by atoms with Crippen molar-refractivity contribution >= 4 is 36.4 Å². The first-order chi connectivity index (χ1) is 12.1. The third-order valence-electron chi connectivity index (χ3n) is 4.73. The Bertz CT molecular complexity index is 711. The lowest BCUT2D eigenvalue weighted by atomic mass is 9.78. The molecular weight excluding hydrogens is 351 g/mol. The molecule has 1 fully saturated rings. The van der Waals surface area contributed by atoms with Gasteiger partial charge in [0.15, 0.2) is 5.12 Å². The molecule has 0 aliphatic carbocycles. The molecule has 0 N–H and O–H groups in total. The summed E-state index contributed by atoms with van der Waals surface area (Å²) in [7, 11) is 1.00. The summed E-state index contributed by atoms with van der Waals surface area (Å²) in [5, 5.41) is 0.0148. The van der Waals surface area contributed by atoms with Crippen molar-refractivity contribution in [1.82, 2.24) is 0 Å². The Morgan fingerprint density at radius 1 is 1.23 bits per heavy atom. The number of hydrogen-bond acceptors (Lipinski definition) is 6. The van der Waals surface area contributed by atoms with Crippen LogP contribution in [0.5, 0.6) is 5.75 Å². The Morgan fingerprint density at radius 3 is 2.35 bits per heavy atom. The van der Waals surface area contributed by atoms with Crippen LogP contribution in [0.2, 0.25) is 0 Å². The van der Waals surface area contributed by atoms with Crippen molar-refractivity contribution in [3.05, 3.63) is 34.8 Å². The molecule has 1 aliphatic heterocycles. The van der Waals surface area contributed by atoms with E-state index in [-0.39, 0.29) is 5.12 Å². The van der Waals surface area contributed by atoms with Gasteiger partial charge in [0.05, 0.1) is 18.3 Å². The Hall–Kier alpha value is -1.57. The van der Waals surface area contributed by atoms with Crippen LogP contribution in [-0.2, 0) is 14.1 Å². The number of carbonyl (C=O) groups excluding carboxylic acids is 2. The molecule has 0 bridgehead atoms. The minimum Gasteiger partial charge on any atom is -0.496 e. The summed E-state index contributed by atoms with van der Waals surface area (Å²) in [4.78, 5) is 22.6. The zero-order chi connectivity index (χ0) is 19.5. The maximum atomic E-state index is 11.5. The molecule has 1 aliphatic rings. The first-order valence-electron chi connectivity index (χ1n) is 8.42. The van der Waals surface area contributed by atoms with Gasteiger partial charge in [-0.25, -0.2) is 0 Å². The molecule has 0 spiro atoms. The van der Waals surface area contributed by atoms with Crippen molar-refractivity contribution in [3.8, 4) is 5.75 Å². The van der Waals surface area contributed by atoms with Gasteiger partial charge in [-0.2, -0.15) is 0 Å². The largest absolute Gasteiger partial charge is 0.496 e. The Labute approximate surface area is 159 Å². The van der Waals surface area contributed by atoms with Crippen molar-refractivity contribution in [3.63, 3.8) is 0 Å². The van der Waals surface area contributed by atoms with Crippen LogP contribution in [0.1, 0.15) is 50.5 Å². The maximum absolute atomic E-state index is 11.5. The van der Waals surface area contributed by atoms with Gasteiger partial charge in [-0.3, -0.25) is 9.59 Å². The van der Waals surface area contributed by atoms with E-state index >= 15 is 0 Å². The lowest BCUT2D eigenvalue weighted by Crippen LogP contribution is -2.41. The molecule has 0 radical (unpaired) electrons. The number of benzene rings is 1. The lowest BCUT2D eigenvalue weighted by molar-refractivity contribution is -0.109. The van der Waals surface area contributed by atoms with E-state index in [1.165, 1.54) is 18.7 Å². The molecule has 2 rings (SSSR count). The molecule has 5 nitrogen and oxygen atoms in total. The van der Waals surface area contributed by atoms with Crippen LogP contribution in [0, 0.1) is 0 Å². The number of thioether (sulfide) groups is 1. The molecule has 0 aromatic heterocycles. The highest BCUT2D eigenvalue weighted by Crippen LogP contribution is 2.39. The van der Waals surface area contributed by atoms with Crippen LogP contribution in [-0.4, -0.2) is 42.6 Å². The molecule has 140 valence electrons. The smallest absolute Gasteiger partial charge is 0.491 e. The van der Waals surface area contributed by atoms with Crippen LogP contribution in [0.3, 0.4) is 0 Å². The quantitative estimate of drug-likeness (QED) is 0.556. The maximum Gasteiger partial charge on any atom is 0.491 e. The SMILES string of the molecule is COc1ccc(C=O)cc1C=C(CSC(C)=O)B1OC(C)(C)C(C)(C)O1. The minimum atomic E-state index is -0.573. The highest BCUT2D eigenvalue weighted by molar-refractivity contribution is 8.13. The number of hydrogen-bond donors (Lipinski definition) is 0. The van der Waals surface area contributed by atoms with Gasteiger partial charge in [-0.15, -0.1) is 0 Å². The van der Waals surface area contributed by atoms with Gasteiger partial charge in [0.1, 0.15) is 12.0 Å². The van der Waals surface area contributed by atoms with E-state index in [1.807, 2.05) is 33.8 Å². The van der Waals surface area contributed by atoms with Gasteiger partial charge in [-0.05, 0) is 51.4 Å². The molecule has 0 amide bonds. The highest BCUT2D eigenvalue weighted by atomic mass is 32.2.